The zero-order chi connectivity index (χ0) is 19.4. The Balaban J connectivity index is 1.62. The Hall–Kier alpha value is -2.77. The van der Waals surface area contributed by atoms with E-state index in [0.717, 1.165) is 11.1 Å². The lowest BCUT2D eigenvalue weighted by atomic mass is 10.1. The van der Waals surface area contributed by atoms with Crippen molar-refractivity contribution in [3.63, 3.8) is 0 Å². The van der Waals surface area contributed by atoms with E-state index in [0.29, 0.717) is 20.7 Å². The van der Waals surface area contributed by atoms with Gasteiger partial charge >= 0.3 is 0 Å². The third kappa shape index (κ3) is 4.90. The molecule has 1 unspecified atom stereocenters. The minimum absolute atomic E-state index is 0.375. The topological polar surface area (TPSA) is 84.0 Å². The largest absolute Gasteiger partial charge is 0.341 e. The number of carbonyl (C=O) groups excluding carboxylic acids is 2. The molecule has 0 radical (unpaired) electrons. The molecule has 8 heteroatoms. The summed E-state index contributed by atoms with van der Waals surface area (Å²) >= 11 is 7.16. The predicted octanol–water partition coefficient (Wildman–Crippen LogP) is 3.92. The second-order valence-electron chi connectivity index (χ2n) is 5.98. The van der Waals surface area contributed by atoms with Crippen molar-refractivity contribution in [2.24, 2.45) is 0 Å². The maximum atomic E-state index is 12.3. The number of hydrogen-bond acceptors (Lipinski definition) is 5. The van der Waals surface area contributed by atoms with Gasteiger partial charge in [-0.25, -0.2) is 0 Å². The molecule has 6 nitrogen and oxygen atoms in total. The molecule has 0 aliphatic heterocycles. The average Bonchev–Trinajstić information content (AvgIpc) is 3.10. The van der Waals surface area contributed by atoms with Gasteiger partial charge in [-0.3, -0.25) is 14.9 Å². The first-order chi connectivity index (χ1) is 12.9. The molecule has 0 bridgehead atoms. The van der Waals surface area contributed by atoms with E-state index in [1.807, 2.05) is 31.2 Å². The normalized spacial score (nSPS) is 11.7. The van der Waals surface area contributed by atoms with Gasteiger partial charge in [-0.2, -0.15) is 0 Å². The van der Waals surface area contributed by atoms with Crippen LogP contribution >= 0.6 is 22.9 Å². The molecule has 0 aliphatic rings. The van der Waals surface area contributed by atoms with Crippen LogP contribution in [0.2, 0.25) is 5.02 Å². The summed E-state index contributed by atoms with van der Waals surface area (Å²) in [5.41, 5.74) is 2.45. The number of carbonyl (C=O) groups is 2. The summed E-state index contributed by atoms with van der Waals surface area (Å²) in [4.78, 5) is 24.5. The van der Waals surface area contributed by atoms with Gasteiger partial charge < -0.3 is 5.32 Å². The Morgan fingerprint density at radius 1 is 1.11 bits per heavy atom. The van der Waals surface area contributed by atoms with Crippen LogP contribution in [0.3, 0.4) is 0 Å². The summed E-state index contributed by atoms with van der Waals surface area (Å²) in [6.07, 6.45) is 0. The number of nitrogens with zero attached hydrogens (tertiary/aromatic N) is 2. The van der Waals surface area contributed by atoms with Crippen molar-refractivity contribution in [2.45, 2.75) is 19.9 Å². The monoisotopic (exact) mass is 400 g/mol. The molecule has 2 N–H and O–H groups in total. The van der Waals surface area contributed by atoms with Gasteiger partial charge in [0.05, 0.1) is 0 Å². The fourth-order valence-electron chi connectivity index (χ4n) is 2.36. The van der Waals surface area contributed by atoms with E-state index >= 15 is 0 Å². The van der Waals surface area contributed by atoms with E-state index in [1.54, 1.807) is 31.2 Å². The molecule has 0 spiro atoms. The van der Waals surface area contributed by atoms with Crippen LogP contribution in [0.4, 0.5) is 5.13 Å². The van der Waals surface area contributed by atoms with Crippen molar-refractivity contribution in [2.75, 3.05) is 5.32 Å². The molecule has 0 saturated heterocycles. The molecule has 3 rings (SSSR count). The van der Waals surface area contributed by atoms with Crippen LogP contribution in [0.15, 0.2) is 48.5 Å². The highest BCUT2D eigenvalue weighted by molar-refractivity contribution is 7.18. The third-order valence-corrected chi connectivity index (χ3v) is 4.87. The fraction of sp³-hybridized carbons (Fsp3) is 0.158. The summed E-state index contributed by atoms with van der Waals surface area (Å²) in [5, 5.41) is 15.0. The van der Waals surface area contributed by atoms with Gasteiger partial charge in [0, 0.05) is 16.1 Å². The number of benzene rings is 2. The van der Waals surface area contributed by atoms with Gasteiger partial charge in [-0.15, -0.1) is 10.2 Å². The highest BCUT2D eigenvalue weighted by Gasteiger charge is 2.18. The van der Waals surface area contributed by atoms with Crippen LogP contribution < -0.4 is 10.6 Å². The van der Waals surface area contributed by atoms with Gasteiger partial charge in [0.25, 0.3) is 5.91 Å². The quantitative estimate of drug-likeness (QED) is 0.679. The van der Waals surface area contributed by atoms with Crippen molar-refractivity contribution >= 4 is 39.9 Å². The average molecular weight is 401 g/mol. The standard InChI is InChI=1S/C19H17ClN4O2S/c1-11-5-3-7-14(9-11)18-23-24-19(27-18)22-16(25)12(2)21-17(26)13-6-4-8-15(20)10-13/h3-10,12H,1-2H3,(H,21,26)(H,22,24,25). The number of rotatable bonds is 5. The van der Waals surface area contributed by atoms with Crippen LogP contribution in [0.25, 0.3) is 10.6 Å². The molecule has 1 aromatic heterocycles. The lowest BCUT2D eigenvalue weighted by molar-refractivity contribution is -0.117. The fourth-order valence-corrected chi connectivity index (χ4v) is 3.29. The van der Waals surface area contributed by atoms with Crippen molar-refractivity contribution in [1.29, 1.82) is 0 Å². The van der Waals surface area contributed by atoms with Crippen LogP contribution in [-0.2, 0) is 4.79 Å². The molecule has 0 aliphatic carbocycles. The number of halogens is 1. The Labute approximate surface area is 165 Å². The van der Waals surface area contributed by atoms with E-state index in [4.69, 9.17) is 11.6 Å². The van der Waals surface area contributed by atoms with Crippen molar-refractivity contribution < 1.29 is 9.59 Å². The molecule has 1 atom stereocenters. The van der Waals surface area contributed by atoms with Crippen LogP contribution in [0.5, 0.6) is 0 Å². The molecule has 138 valence electrons. The van der Waals surface area contributed by atoms with E-state index < -0.39 is 6.04 Å². The minimum Gasteiger partial charge on any atom is -0.341 e. The summed E-state index contributed by atoms with van der Waals surface area (Å²) in [5.74, 6) is -0.754. The molecule has 1 heterocycles. The maximum Gasteiger partial charge on any atom is 0.251 e. The zero-order valence-corrected chi connectivity index (χ0v) is 16.3. The number of nitrogens with one attached hydrogen (secondary N) is 2. The van der Waals surface area contributed by atoms with Gasteiger partial charge in [-0.05, 0) is 38.1 Å². The number of hydrogen-bond donors (Lipinski definition) is 2. The molecule has 2 aromatic carbocycles. The summed E-state index contributed by atoms with van der Waals surface area (Å²) < 4.78 is 0. The minimum atomic E-state index is -0.747. The first kappa shape index (κ1) is 19.0. The first-order valence-electron chi connectivity index (χ1n) is 8.20. The lowest BCUT2D eigenvalue weighted by Gasteiger charge is -2.12. The summed E-state index contributed by atoms with van der Waals surface area (Å²) in [6, 6.07) is 13.7. The molecule has 0 saturated carbocycles. The third-order valence-electron chi connectivity index (χ3n) is 3.75. The van der Waals surface area contributed by atoms with E-state index in [1.165, 1.54) is 11.3 Å². The Morgan fingerprint density at radius 2 is 1.89 bits per heavy atom. The molecule has 0 fully saturated rings. The Kier molecular flexibility index (Phi) is 5.83. The summed E-state index contributed by atoms with van der Waals surface area (Å²) in [7, 11) is 0. The van der Waals surface area contributed by atoms with E-state index in [-0.39, 0.29) is 11.8 Å². The van der Waals surface area contributed by atoms with Crippen LogP contribution in [0, 0.1) is 6.92 Å². The molecule has 27 heavy (non-hydrogen) atoms. The van der Waals surface area contributed by atoms with Crippen molar-refractivity contribution in [1.82, 2.24) is 15.5 Å². The number of amides is 2. The Bertz CT molecular complexity index is 989. The van der Waals surface area contributed by atoms with Crippen LogP contribution in [-0.4, -0.2) is 28.1 Å². The number of anilines is 1. The maximum absolute atomic E-state index is 12.3. The zero-order valence-electron chi connectivity index (χ0n) is 14.7. The van der Waals surface area contributed by atoms with Gasteiger partial charge in [-0.1, -0.05) is 52.8 Å². The first-order valence-corrected chi connectivity index (χ1v) is 9.39. The SMILES string of the molecule is Cc1cccc(-c2nnc(NC(=O)C(C)NC(=O)c3cccc(Cl)c3)s2)c1. The van der Waals surface area contributed by atoms with Crippen molar-refractivity contribution in [3.8, 4) is 10.6 Å². The second kappa shape index (κ2) is 8.28. The molecular formula is C19H17ClN4O2S. The molecular weight excluding hydrogens is 384 g/mol. The number of aromatic nitrogens is 2. The van der Waals surface area contributed by atoms with E-state index in [9.17, 15) is 9.59 Å². The highest BCUT2D eigenvalue weighted by atomic mass is 35.5. The summed E-state index contributed by atoms with van der Waals surface area (Å²) in [6.45, 7) is 3.60. The highest BCUT2D eigenvalue weighted by Crippen LogP contribution is 2.26. The van der Waals surface area contributed by atoms with Crippen molar-refractivity contribution in [3.05, 3.63) is 64.7 Å². The van der Waals surface area contributed by atoms with Gasteiger partial charge in [0.15, 0.2) is 0 Å². The molecule has 3 aromatic rings. The smallest absolute Gasteiger partial charge is 0.251 e. The predicted molar refractivity (Wildman–Crippen MR) is 107 cm³/mol. The molecule has 2 amide bonds. The van der Waals surface area contributed by atoms with Gasteiger partial charge in [0.2, 0.25) is 11.0 Å². The van der Waals surface area contributed by atoms with Crippen LogP contribution in [0.1, 0.15) is 22.8 Å². The Morgan fingerprint density at radius 3 is 2.63 bits per heavy atom. The van der Waals surface area contributed by atoms with Gasteiger partial charge in [0.1, 0.15) is 11.0 Å². The second-order valence-corrected chi connectivity index (χ2v) is 7.39. The number of aryl methyl sites for hydroxylation is 1. The lowest BCUT2D eigenvalue weighted by Crippen LogP contribution is -2.41. The van der Waals surface area contributed by atoms with E-state index in [2.05, 4.69) is 20.8 Å².